The number of para-hydroxylation sites is 4. The van der Waals surface area contributed by atoms with Gasteiger partial charge in [0.1, 0.15) is 33.5 Å². The molecule has 0 aliphatic carbocycles. The average molecular weight is 1360 g/mol. The Hall–Kier alpha value is -14.1. The molecule has 0 aliphatic heterocycles. The summed E-state index contributed by atoms with van der Waals surface area (Å²) in [6, 6.07) is 139. The molecule has 23 rings (SSSR count). The van der Waals surface area contributed by atoms with Gasteiger partial charge in [-0.25, -0.2) is 0 Å². The van der Waals surface area contributed by atoms with Crippen molar-refractivity contribution in [1.29, 1.82) is 0 Å². The molecular weight excluding hydrogens is 1300 g/mol. The van der Waals surface area contributed by atoms with Crippen molar-refractivity contribution in [2.24, 2.45) is 0 Å². The lowest BCUT2D eigenvalue weighted by molar-refractivity contribution is 0.668. The minimum atomic E-state index is 0.923. The van der Waals surface area contributed by atoms with Crippen LogP contribution in [0.2, 0.25) is 0 Å². The first-order valence-corrected chi connectivity index (χ1v) is 36.7. The number of furan rings is 3. The fourth-order valence-corrected chi connectivity index (χ4v) is 17.2. The van der Waals surface area contributed by atoms with Gasteiger partial charge in [0.15, 0.2) is 0 Å². The molecule has 0 fully saturated rings. The van der Waals surface area contributed by atoms with Crippen molar-refractivity contribution in [1.82, 2.24) is 0 Å². The normalized spacial score (nSPS) is 11.7. The van der Waals surface area contributed by atoms with Crippen LogP contribution in [0.1, 0.15) is 0 Å². The number of fused-ring (bicyclic) bond motifs is 17. The maximum Gasteiger partial charge on any atom is 0.143 e. The van der Waals surface area contributed by atoms with Crippen LogP contribution in [-0.4, -0.2) is 0 Å². The molecule has 0 atom stereocenters. The van der Waals surface area contributed by atoms with E-state index in [0.29, 0.717) is 0 Å². The molecule has 0 radical (unpaired) electrons. The summed E-state index contributed by atoms with van der Waals surface area (Å²) in [4.78, 5) is 0. The van der Waals surface area contributed by atoms with Crippen LogP contribution < -0.4 is 0 Å². The Balaban J connectivity index is 0.000000103. The Kier molecular flexibility index (Phi) is 14.6. The van der Waals surface area contributed by atoms with Gasteiger partial charge in [-0.15, -0.1) is 0 Å². The summed E-state index contributed by atoms with van der Waals surface area (Å²) in [5.41, 5.74) is 20.5. The summed E-state index contributed by atoms with van der Waals surface area (Å²) < 4.78 is 18.7. The maximum atomic E-state index is 6.50. The third kappa shape index (κ3) is 10.3. The first-order chi connectivity index (χ1) is 53.1. The van der Waals surface area contributed by atoms with Crippen LogP contribution in [0.4, 0.5) is 0 Å². The van der Waals surface area contributed by atoms with Gasteiger partial charge >= 0.3 is 0 Å². The van der Waals surface area contributed by atoms with Crippen LogP contribution >= 0.6 is 0 Å². The highest BCUT2D eigenvalue weighted by molar-refractivity contribution is 6.27. The SMILES string of the molecule is c1ccc(-c2c3ccccc3c(-c3ccc4oc5ccccc5c4c3)c3ccccc23)cc1.c1ccc2cc(-c3c4ccccc4c(-c4ccc5oc6ccccc6c5c4)c4ccccc34)ccc2c1.c1ccc2cc(-c3c4ccccc4c(-c4cccc5c4oc4ccccc45)c4ccccc34)ccc2c1. The lowest BCUT2D eigenvalue weighted by atomic mass is 9.85. The van der Waals surface area contributed by atoms with E-state index in [4.69, 9.17) is 13.3 Å². The third-order valence-electron chi connectivity index (χ3n) is 21.9. The number of hydrogen-bond donors (Lipinski definition) is 0. The van der Waals surface area contributed by atoms with Gasteiger partial charge in [0, 0.05) is 43.4 Å². The van der Waals surface area contributed by atoms with Crippen LogP contribution in [0.25, 0.3) is 219 Å². The Morgan fingerprint density at radius 3 is 0.776 bits per heavy atom. The zero-order chi connectivity index (χ0) is 70.5. The van der Waals surface area contributed by atoms with Gasteiger partial charge in [-0.2, -0.15) is 0 Å². The molecule has 0 spiro atoms. The Morgan fingerprint density at radius 2 is 0.393 bits per heavy atom. The van der Waals surface area contributed by atoms with Crippen molar-refractivity contribution in [2.45, 2.75) is 0 Å². The molecular formula is C104H64O3. The molecule has 0 unspecified atom stereocenters. The molecule has 0 saturated heterocycles. The topological polar surface area (TPSA) is 39.4 Å². The molecule has 498 valence electrons. The van der Waals surface area contributed by atoms with Crippen LogP contribution in [0, 0.1) is 0 Å². The summed E-state index contributed by atoms with van der Waals surface area (Å²) >= 11 is 0. The van der Waals surface area contributed by atoms with E-state index in [1.165, 1.54) is 147 Å². The molecule has 3 heterocycles. The van der Waals surface area contributed by atoms with E-state index >= 15 is 0 Å². The van der Waals surface area contributed by atoms with Crippen molar-refractivity contribution in [2.75, 3.05) is 0 Å². The standard InChI is InChI=1S/2C36H22O.C32H20O/c1-2-11-24-22-25(21-20-23(24)10-1)34-27-13-3-5-15-29(27)35(30-16-6-4-14-28(30)34)32-18-9-17-31-26-12-7-8-19-33(26)37-36(31)32;1-2-10-24-21-25(18-17-23(24)9-1)35-28-12-3-5-14-30(28)36(31-15-6-4-13-29(31)35)26-19-20-34-32(22-26)27-11-7-8-16-33(27)37-34;1-2-10-21(11-3-1)31-24-13-4-6-15-26(24)32(27-16-7-5-14-25(27)31)22-18-19-30-28(20-22)23-12-8-9-17-29(23)33-30/h2*1-22H;1-20H. The Morgan fingerprint density at radius 1 is 0.131 bits per heavy atom. The lowest BCUT2D eigenvalue weighted by Gasteiger charge is -2.18. The molecule has 107 heavy (non-hydrogen) atoms. The van der Waals surface area contributed by atoms with Gasteiger partial charge in [-0.1, -0.05) is 334 Å². The summed E-state index contributed by atoms with van der Waals surface area (Å²) in [7, 11) is 0. The van der Waals surface area contributed by atoms with Gasteiger partial charge in [0.05, 0.1) is 0 Å². The largest absolute Gasteiger partial charge is 0.456 e. The second-order valence-corrected chi connectivity index (χ2v) is 27.9. The van der Waals surface area contributed by atoms with E-state index in [9.17, 15) is 0 Å². The van der Waals surface area contributed by atoms with Gasteiger partial charge in [-0.05, 0) is 196 Å². The van der Waals surface area contributed by atoms with Crippen molar-refractivity contribution in [3.63, 3.8) is 0 Å². The molecule has 0 amide bonds. The zero-order valence-corrected chi connectivity index (χ0v) is 58.2. The highest BCUT2D eigenvalue weighted by Crippen LogP contribution is 2.50. The van der Waals surface area contributed by atoms with Gasteiger partial charge in [0.25, 0.3) is 0 Å². The molecule has 3 nitrogen and oxygen atoms in total. The monoisotopic (exact) mass is 1360 g/mol. The maximum absolute atomic E-state index is 6.50. The summed E-state index contributed by atoms with van der Waals surface area (Å²) in [5.74, 6) is 0. The summed E-state index contributed by atoms with van der Waals surface area (Å²) in [6.45, 7) is 0. The molecule has 0 bridgehead atoms. The minimum Gasteiger partial charge on any atom is -0.456 e. The summed E-state index contributed by atoms with van der Waals surface area (Å²) in [5, 5.41) is 27.1. The lowest BCUT2D eigenvalue weighted by Crippen LogP contribution is -1.91. The molecule has 23 aromatic rings. The van der Waals surface area contributed by atoms with Crippen LogP contribution in [0.5, 0.6) is 0 Å². The van der Waals surface area contributed by atoms with Gasteiger partial charge in [-0.3, -0.25) is 0 Å². The molecule has 0 N–H and O–H groups in total. The second-order valence-electron chi connectivity index (χ2n) is 27.9. The predicted octanol–water partition coefficient (Wildman–Crippen LogP) is 30.0. The average Bonchev–Trinajstić information content (AvgIpc) is 0.949. The first-order valence-electron chi connectivity index (χ1n) is 36.7. The molecule has 3 aromatic heterocycles. The van der Waals surface area contributed by atoms with Crippen molar-refractivity contribution in [3.05, 3.63) is 388 Å². The highest BCUT2D eigenvalue weighted by atomic mass is 16.3. The Bertz CT molecular complexity index is 7330. The van der Waals surface area contributed by atoms with E-state index in [1.54, 1.807) is 0 Å². The van der Waals surface area contributed by atoms with E-state index in [0.717, 1.165) is 71.4 Å². The molecule has 20 aromatic carbocycles. The third-order valence-corrected chi connectivity index (χ3v) is 21.9. The minimum absolute atomic E-state index is 0.923. The van der Waals surface area contributed by atoms with Crippen LogP contribution in [0.3, 0.4) is 0 Å². The van der Waals surface area contributed by atoms with Crippen LogP contribution in [-0.2, 0) is 0 Å². The van der Waals surface area contributed by atoms with Crippen molar-refractivity contribution < 1.29 is 13.3 Å². The molecule has 0 aliphatic rings. The fourth-order valence-electron chi connectivity index (χ4n) is 17.2. The number of benzene rings is 20. The molecule has 3 heteroatoms. The number of rotatable bonds is 6. The van der Waals surface area contributed by atoms with Crippen LogP contribution in [0.15, 0.2) is 401 Å². The smallest absolute Gasteiger partial charge is 0.143 e. The van der Waals surface area contributed by atoms with Gasteiger partial charge in [0.2, 0.25) is 0 Å². The Labute approximate surface area is 616 Å². The van der Waals surface area contributed by atoms with Crippen molar-refractivity contribution >= 4 is 152 Å². The first kappa shape index (κ1) is 61.5. The zero-order valence-electron chi connectivity index (χ0n) is 58.2. The number of hydrogen-bond acceptors (Lipinski definition) is 3. The van der Waals surface area contributed by atoms with E-state index in [2.05, 4.69) is 358 Å². The quantitative estimate of drug-likeness (QED) is 0.156. The predicted molar refractivity (Wildman–Crippen MR) is 454 cm³/mol. The summed E-state index contributed by atoms with van der Waals surface area (Å²) in [6.07, 6.45) is 0. The van der Waals surface area contributed by atoms with E-state index in [1.807, 2.05) is 30.3 Å². The second kappa shape index (κ2) is 25.4. The van der Waals surface area contributed by atoms with Crippen molar-refractivity contribution in [3.8, 4) is 66.8 Å². The molecule has 0 saturated carbocycles. The highest BCUT2D eigenvalue weighted by Gasteiger charge is 2.23. The van der Waals surface area contributed by atoms with E-state index < -0.39 is 0 Å². The fraction of sp³-hybridized carbons (Fsp3) is 0. The van der Waals surface area contributed by atoms with Gasteiger partial charge < -0.3 is 13.3 Å². The van der Waals surface area contributed by atoms with E-state index in [-0.39, 0.29) is 0 Å².